The lowest BCUT2D eigenvalue weighted by Gasteiger charge is -2.29. The Balaban J connectivity index is 2.23. The lowest BCUT2D eigenvalue weighted by Crippen LogP contribution is -2.30. The first kappa shape index (κ1) is 9.50. The van der Waals surface area contributed by atoms with Crippen LogP contribution in [0.2, 0.25) is 0 Å². The highest BCUT2D eigenvalue weighted by molar-refractivity contribution is 5.54. The first-order valence-electron chi connectivity index (χ1n) is 5.22. The zero-order chi connectivity index (χ0) is 10.1. The number of aryl methyl sites for hydroxylation is 1. The lowest BCUT2D eigenvalue weighted by atomic mass is 9.91. The summed E-state index contributed by atoms with van der Waals surface area (Å²) in [6.07, 6.45) is 2.09. The van der Waals surface area contributed by atoms with Crippen LogP contribution in [0.4, 0.5) is 10.1 Å². The third kappa shape index (κ3) is 1.74. The predicted molar refractivity (Wildman–Crippen MR) is 57.0 cm³/mol. The van der Waals surface area contributed by atoms with Crippen molar-refractivity contribution in [1.82, 2.24) is 0 Å². The molecule has 1 N–H and O–H groups in total. The summed E-state index contributed by atoms with van der Waals surface area (Å²) in [6.45, 7) is 4.43. The standard InChI is InChI=1S/C12H16FN/c1-8(2)11-5-3-9-7-10(13)4-6-12(9)14-11/h4,6-8,11,14H,3,5H2,1-2H3. The summed E-state index contributed by atoms with van der Waals surface area (Å²) >= 11 is 0. The summed E-state index contributed by atoms with van der Waals surface area (Å²) in [5, 5.41) is 3.46. The highest BCUT2D eigenvalue weighted by atomic mass is 19.1. The molecule has 1 aliphatic heterocycles. The van der Waals surface area contributed by atoms with E-state index in [9.17, 15) is 4.39 Å². The van der Waals surface area contributed by atoms with Gasteiger partial charge in [0.2, 0.25) is 0 Å². The topological polar surface area (TPSA) is 12.0 Å². The molecule has 0 amide bonds. The molecular weight excluding hydrogens is 177 g/mol. The fraction of sp³-hybridized carbons (Fsp3) is 0.500. The Labute approximate surface area is 84.3 Å². The van der Waals surface area contributed by atoms with Crippen LogP contribution in [0.25, 0.3) is 0 Å². The summed E-state index contributed by atoms with van der Waals surface area (Å²) < 4.78 is 12.9. The Hall–Kier alpha value is -1.05. The molecule has 0 bridgehead atoms. The highest BCUT2D eigenvalue weighted by Gasteiger charge is 2.20. The molecule has 0 saturated carbocycles. The average molecular weight is 193 g/mol. The van der Waals surface area contributed by atoms with E-state index in [0.29, 0.717) is 12.0 Å². The van der Waals surface area contributed by atoms with Crippen LogP contribution in [-0.2, 0) is 6.42 Å². The van der Waals surface area contributed by atoms with Gasteiger partial charge in [-0.15, -0.1) is 0 Å². The molecule has 1 aliphatic rings. The number of hydrogen-bond donors (Lipinski definition) is 1. The Morgan fingerprint density at radius 3 is 2.93 bits per heavy atom. The fourth-order valence-corrected chi connectivity index (χ4v) is 1.99. The van der Waals surface area contributed by atoms with Gasteiger partial charge in [-0.3, -0.25) is 0 Å². The van der Waals surface area contributed by atoms with Crippen LogP contribution in [0.1, 0.15) is 25.8 Å². The molecule has 0 spiro atoms. The van der Waals surface area contributed by atoms with Crippen molar-refractivity contribution in [3.63, 3.8) is 0 Å². The van der Waals surface area contributed by atoms with Crippen LogP contribution in [0.5, 0.6) is 0 Å². The zero-order valence-electron chi connectivity index (χ0n) is 8.68. The number of benzene rings is 1. The van der Waals surface area contributed by atoms with Crippen molar-refractivity contribution in [3.8, 4) is 0 Å². The van der Waals surface area contributed by atoms with Gasteiger partial charge in [0.1, 0.15) is 5.82 Å². The van der Waals surface area contributed by atoms with E-state index >= 15 is 0 Å². The van der Waals surface area contributed by atoms with Gasteiger partial charge in [-0.25, -0.2) is 4.39 Å². The van der Waals surface area contributed by atoms with Crippen LogP contribution >= 0.6 is 0 Å². The van der Waals surface area contributed by atoms with Crippen molar-refractivity contribution in [3.05, 3.63) is 29.6 Å². The second-order valence-electron chi connectivity index (χ2n) is 4.33. The molecular formula is C12H16FN. The van der Waals surface area contributed by atoms with Gasteiger partial charge in [-0.2, -0.15) is 0 Å². The molecule has 2 heteroatoms. The lowest BCUT2D eigenvalue weighted by molar-refractivity contribution is 0.481. The summed E-state index contributed by atoms with van der Waals surface area (Å²) in [4.78, 5) is 0. The maximum absolute atomic E-state index is 12.9. The molecule has 1 heterocycles. The van der Waals surface area contributed by atoms with E-state index in [1.807, 2.05) is 6.07 Å². The van der Waals surface area contributed by atoms with Crippen molar-refractivity contribution in [1.29, 1.82) is 0 Å². The summed E-state index contributed by atoms with van der Waals surface area (Å²) in [7, 11) is 0. The Morgan fingerprint density at radius 2 is 2.21 bits per heavy atom. The van der Waals surface area contributed by atoms with Crippen molar-refractivity contribution in [2.75, 3.05) is 5.32 Å². The Kier molecular flexibility index (Phi) is 2.44. The maximum Gasteiger partial charge on any atom is 0.123 e. The third-order valence-electron chi connectivity index (χ3n) is 2.94. The van der Waals surface area contributed by atoms with Crippen molar-refractivity contribution >= 4 is 5.69 Å². The predicted octanol–water partition coefficient (Wildman–Crippen LogP) is 3.21. The van der Waals surface area contributed by atoms with Crippen molar-refractivity contribution < 1.29 is 4.39 Å². The Morgan fingerprint density at radius 1 is 1.43 bits per heavy atom. The molecule has 2 rings (SSSR count). The van der Waals surface area contributed by atoms with Gasteiger partial charge in [0.25, 0.3) is 0 Å². The van der Waals surface area contributed by atoms with E-state index in [-0.39, 0.29) is 5.82 Å². The van der Waals surface area contributed by atoms with Gasteiger partial charge in [0, 0.05) is 11.7 Å². The van der Waals surface area contributed by atoms with Crippen LogP contribution in [0.15, 0.2) is 18.2 Å². The summed E-state index contributed by atoms with van der Waals surface area (Å²) in [5.41, 5.74) is 2.22. The molecule has 0 aromatic heterocycles. The first-order chi connectivity index (χ1) is 6.66. The van der Waals surface area contributed by atoms with Crippen molar-refractivity contribution in [2.45, 2.75) is 32.7 Å². The molecule has 14 heavy (non-hydrogen) atoms. The molecule has 0 saturated heterocycles. The van der Waals surface area contributed by atoms with Gasteiger partial charge in [-0.05, 0) is 42.5 Å². The second-order valence-corrected chi connectivity index (χ2v) is 4.33. The minimum atomic E-state index is -0.131. The average Bonchev–Trinajstić information content (AvgIpc) is 2.16. The minimum absolute atomic E-state index is 0.131. The van der Waals surface area contributed by atoms with E-state index in [2.05, 4.69) is 19.2 Å². The monoisotopic (exact) mass is 193 g/mol. The first-order valence-corrected chi connectivity index (χ1v) is 5.22. The van der Waals surface area contributed by atoms with Gasteiger partial charge >= 0.3 is 0 Å². The normalized spacial score (nSPS) is 20.4. The van der Waals surface area contributed by atoms with Crippen LogP contribution in [0.3, 0.4) is 0 Å². The molecule has 1 nitrogen and oxygen atoms in total. The van der Waals surface area contributed by atoms with Crippen LogP contribution < -0.4 is 5.32 Å². The molecule has 0 radical (unpaired) electrons. The van der Waals surface area contributed by atoms with Crippen LogP contribution in [-0.4, -0.2) is 6.04 Å². The minimum Gasteiger partial charge on any atom is -0.382 e. The van der Waals surface area contributed by atoms with Crippen LogP contribution in [0, 0.1) is 11.7 Å². The van der Waals surface area contributed by atoms with E-state index in [4.69, 9.17) is 0 Å². The third-order valence-corrected chi connectivity index (χ3v) is 2.94. The second kappa shape index (κ2) is 3.60. The Bertz CT molecular complexity index is 333. The number of halogens is 1. The smallest absolute Gasteiger partial charge is 0.123 e. The van der Waals surface area contributed by atoms with Gasteiger partial charge in [0.15, 0.2) is 0 Å². The van der Waals surface area contributed by atoms with E-state index in [1.165, 1.54) is 6.07 Å². The van der Waals surface area contributed by atoms with E-state index < -0.39 is 0 Å². The van der Waals surface area contributed by atoms with Gasteiger partial charge in [-0.1, -0.05) is 13.8 Å². The van der Waals surface area contributed by atoms with Gasteiger partial charge < -0.3 is 5.32 Å². The zero-order valence-corrected chi connectivity index (χ0v) is 8.68. The molecule has 1 unspecified atom stereocenters. The molecule has 1 atom stereocenters. The number of hydrogen-bond acceptors (Lipinski definition) is 1. The number of fused-ring (bicyclic) bond motifs is 1. The molecule has 1 aromatic rings. The molecule has 1 aromatic carbocycles. The summed E-state index contributed by atoms with van der Waals surface area (Å²) in [5.74, 6) is 0.502. The SMILES string of the molecule is CC(C)C1CCc2cc(F)ccc2N1. The fourth-order valence-electron chi connectivity index (χ4n) is 1.99. The maximum atomic E-state index is 12.9. The molecule has 0 fully saturated rings. The molecule has 0 aliphatic carbocycles. The van der Waals surface area contributed by atoms with E-state index in [0.717, 1.165) is 24.1 Å². The van der Waals surface area contributed by atoms with Crippen molar-refractivity contribution in [2.24, 2.45) is 5.92 Å². The summed E-state index contributed by atoms with van der Waals surface area (Å²) in [6, 6.07) is 5.54. The highest BCUT2D eigenvalue weighted by Crippen LogP contribution is 2.27. The quantitative estimate of drug-likeness (QED) is 0.722. The number of anilines is 1. The largest absolute Gasteiger partial charge is 0.382 e. The number of rotatable bonds is 1. The number of nitrogens with one attached hydrogen (secondary N) is 1. The van der Waals surface area contributed by atoms with E-state index in [1.54, 1.807) is 6.07 Å². The molecule has 76 valence electrons. The van der Waals surface area contributed by atoms with Gasteiger partial charge in [0.05, 0.1) is 0 Å².